The number of benzene rings is 1. The van der Waals surface area contributed by atoms with Crippen molar-refractivity contribution in [2.24, 2.45) is 5.92 Å². The number of hydrogen-bond acceptors (Lipinski definition) is 5. The molecule has 2 heterocycles. The summed E-state index contributed by atoms with van der Waals surface area (Å²) in [5.74, 6) is -0.551. The highest BCUT2D eigenvalue weighted by Gasteiger charge is 2.35. The number of amides is 1. The van der Waals surface area contributed by atoms with E-state index in [1.165, 1.54) is 20.5 Å². The molecule has 9 heteroatoms. The zero-order valence-electron chi connectivity index (χ0n) is 14.6. The van der Waals surface area contributed by atoms with Crippen LogP contribution in [0.5, 0.6) is 0 Å². The van der Waals surface area contributed by atoms with Gasteiger partial charge in [0, 0.05) is 25.8 Å². The third kappa shape index (κ3) is 4.24. The van der Waals surface area contributed by atoms with Crippen molar-refractivity contribution >= 4 is 48.9 Å². The van der Waals surface area contributed by atoms with Crippen molar-refractivity contribution in [1.82, 2.24) is 4.31 Å². The lowest BCUT2D eigenvalue weighted by molar-refractivity contribution is -0.123. The number of sulfonamides is 1. The van der Waals surface area contributed by atoms with Gasteiger partial charge in [-0.15, -0.1) is 11.3 Å². The van der Waals surface area contributed by atoms with Gasteiger partial charge in [-0.2, -0.15) is 9.57 Å². The van der Waals surface area contributed by atoms with Gasteiger partial charge in [0.25, 0.3) is 10.0 Å². The van der Waals surface area contributed by atoms with Gasteiger partial charge in [0.1, 0.15) is 4.21 Å². The van der Waals surface area contributed by atoms with Crippen molar-refractivity contribution in [2.45, 2.75) is 17.1 Å². The van der Waals surface area contributed by atoms with Crippen LogP contribution in [0.4, 0.5) is 5.69 Å². The third-order valence-electron chi connectivity index (χ3n) is 4.57. The Kier molecular flexibility index (Phi) is 6.01. The summed E-state index contributed by atoms with van der Waals surface area (Å²) in [7, 11) is -1.95. The summed E-state index contributed by atoms with van der Waals surface area (Å²) in [6, 6.07) is 12.2. The molecule has 6 nitrogen and oxygen atoms in total. The first-order valence-corrected chi connectivity index (χ1v) is 11.4. The highest BCUT2D eigenvalue weighted by molar-refractivity contribution is 9.11. The summed E-state index contributed by atoms with van der Waals surface area (Å²) in [6.45, 7) is 0.578. The summed E-state index contributed by atoms with van der Waals surface area (Å²) < 4.78 is 28.1. The van der Waals surface area contributed by atoms with Gasteiger partial charge in [-0.3, -0.25) is 4.79 Å². The molecule has 2 aromatic rings. The van der Waals surface area contributed by atoms with Gasteiger partial charge >= 0.3 is 0 Å². The first-order chi connectivity index (χ1) is 12.8. The number of anilines is 1. The van der Waals surface area contributed by atoms with Crippen LogP contribution >= 0.6 is 27.3 Å². The van der Waals surface area contributed by atoms with Crippen molar-refractivity contribution in [2.75, 3.05) is 25.0 Å². The molecule has 0 saturated carbocycles. The van der Waals surface area contributed by atoms with E-state index in [4.69, 9.17) is 5.26 Å². The Morgan fingerprint density at radius 2 is 2.15 bits per heavy atom. The number of hydrogen-bond donors (Lipinski definition) is 0. The Morgan fingerprint density at radius 3 is 2.81 bits per heavy atom. The summed E-state index contributed by atoms with van der Waals surface area (Å²) in [5, 5.41) is 9.04. The topological polar surface area (TPSA) is 81.5 Å². The number of carbonyl (C=O) groups is 1. The van der Waals surface area contributed by atoms with Crippen LogP contribution < -0.4 is 4.90 Å². The summed E-state index contributed by atoms with van der Waals surface area (Å²) in [4.78, 5) is 14.4. The van der Waals surface area contributed by atoms with Crippen molar-refractivity contribution < 1.29 is 13.2 Å². The van der Waals surface area contributed by atoms with Gasteiger partial charge in [-0.25, -0.2) is 8.42 Å². The number of halogens is 1. The van der Waals surface area contributed by atoms with E-state index in [-0.39, 0.29) is 16.7 Å². The molecule has 142 valence electrons. The molecule has 1 saturated heterocycles. The molecule has 0 radical (unpaired) electrons. The molecule has 1 fully saturated rings. The second-order valence-corrected chi connectivity index (χ2v) is 10.9. The lowest BCUT2D eigenvalue weighted by Crippen LogP contribution is -2.45. The van der Waals surface area contributed by atoms with E-state index >= 15 is 0 Å². The molecule has 0 bridgehead atoms. The predicted octanol–water partition coefficient (Wildman–Crippen LogP) is 3.45. The van der Waals surface area contributed by atoms with Crippen LogP contribution in [-0.2, 0) is 14.8 Å². The Hall–Kier alpha value is -1.73. The number of carbonyl (C=O) groups excluding carboxylic acids is 1. The first kappa shape index (κ1) is 20.0. The molecule has 1 unspecified atom stereocenters. The third-order valence-corrected chi connectivity index (χ3v) is 8.53. The maximum Gasteiger partial charge on any atom is 0.252 e. The minimum Gasteiger partial charge on any atom is -0.315 e. The van der Waals surface area contributed by atoms with E-state index in [9.17, 15) is 13.2 Å². The smallest absolute Gasteiger partial charge is 0.252 e. The quantitative estimate of drug-likeness (QED) is 0.689. The zero-order valence-corrected chi connectivity index (χ0v) is 17.8. The Bertz CT molecular complexity index is 997. The fourth-order valence-electron chi connectivity index (χ4n) is 3.11. The molecule has 1 aliphatic rings. The van der Waals surface area contributed by atoms with Gasteiger partial charge in [0.2, 0.25) is 5.91 Å². The van der Waals surface area contributed by atoms with Crippen molar-refractivity contribution in [3.63, 3.8) is 0 Å². The van der Waals surface area contributed by atoms with Gasteiger partial charge < -0.3 is 4.90 Å². The maximum atomic E-state index is 12.9. The van der Waals surface area contributed by atoms with Gasteiger partial charge in [-0.05, 0) is 59.1 Å². The fraction of sp³-hybridized carbons (Fsp3) is 0.333. The van der Waals surface area contributed by atoms with Crippen LogP contribution in [0.1, 0.15) is 18.4 Å². The first-order valence-electron chi connectivity index (χ1n) is 8.36. The average molecular weight is 468 g/mol. The largest absolute Gasteiger partial charge is 0.315 e. The lowest BCUT2D eigenvalue weighted by atomic mass is 9.98. The molecule has 0 aliphatic carbocycles. The molecule has 1 aromatic heterocycles. The molecule has 1 atom stereocenters. The van der Waals surface area contributed by atoms with Crippen LogP contribution in [0.25, 0.3) is 0 Å². The van der Waals surface area contributed by atoms with E-state index in [2.05, 4.69) is 22.0 Å². The maximum absolute atomic E-state index is 12.9. The predicted molar refractivity (Wildman–Crippen MR) is 108 cm³/mol. The van der Waals surface area contributed by atoms with Gasteiger partial charge in [0.05, 0.1) is 21.3 Å². The van der Waals surface area contributed by atoms with Crippen LogP contribution in [0.15, 0.2) is 44.4 Å². The zero-order chi connectivity index (χ0) is 19.6. The standard InChI is InChI=1S/C18H18BrN3O3S2/c1-21(15-6-2-4-13(10-15)11-20)18(23)14-5-3-9-22(12-14)27(24,25)17-8-7-16(19)26-17/h2,4,6-8,10,14H,3,5,9,12H2,1H3. The van der Waals surface area contributed by atoms with Crippen molar-refractivity contribution in [1.29, 1.82) is 5.26 Å². The Labute approximate surface area is 171 Å². The summed E-state index contributed by atoms with van der Waals surface area (Å²) >= 11 is 4.46. The number of nitrogens with zero attached hydrogens (tertiary/aromatic N) is 3. The Balaban J connectivity index is 1.77. The SMILES string of the molecule is CN(C(=O)C1CCCN(S(=O)(=O)c2ccc(Br)s2)C1)c1cccc(C#N)c1. The molecular weight excluding hydrogens is 450 g/mol. The lowest BCUT2D eigenvalue weighted by Gasteiger charge is -2.33. The fourth-order valence-corrected chi connectivity index (χ4v) is 6.80. The van der Waals surface area contributed by atoms with Gasteiger partial charge in [-0.1, -0.05) is 6.07 Å². The van der Waals surface area contributed by atoms with E-state index < -0.39 is 15.9 Å². The minimum absolute atomic E-state index is 0.141. The molecular formula is C18H18BrN3O3S2. The van der Waals surface area contributed by atoms with E-state index in [1.54, 1.807) is 43.4 Å². The molecule has 1 aliphatic heterocycles. The van der Waals surface area contributed by atoms with Gasteiger partial charge in [0.15, 0.2) is 0 Å². The van der Waals surface area contributed by atoms with Crippen molar-refractivity contribution in [3.05, 3.63) is 45.7 Å². The molecule has 0 spiro atoms. The highest BCUT2D eigenvalue weighted by atomic mass is 79.9. The van der Waals surface area contributed by atoms with Crippen LogP contribution in [0, 0.1) is 17.2 Å². The average Bonchev–Trinajstić information content (AvgIpc) is 3.14. The molecule has 27 heavy (non-hydrogen) atoms. The molecule has 0 N–H and O–H groups in total. The van der Waals surface area contributed by atoms with Crippen LogP contribution in [0.2, 0.25) is 0 Å². The summed E-state index contributed by atoms with van der Waals surface area (Å²) in [5.41, 5.74) is 1.10. The second kappa shape index (κ2) is 8.10. The molecule has 3 rings (SSSR count). The summed E-state index contributed by atoms with van der Waals surface area (Å²) in [6.07, 6.45) is 1.27. The molecule has 1 amide bonds. The monoisotopic (exact) mass is 467 g/mol. The number of rotatable bonds is 4. The highest BCUT2D eigenvalue weighted by Crippen LogP contribution is 2.31. The van der Waals surface area contributed by atoms with Crippen LogP contribution in [0.3, 0.4) is 0 Å². The molecule has 1 aromatic carbocycles. The van der Waals surface area contributed by atoms with Crippen molar-refractivity contribution in [3.8, 4) is 6.07 Å². The van der Waals surface area contributed by atoms with E-state index in [0.29, 0.717) is 30.6 Å². The number of nitriles is 1. The van der Waals surface area contributed by atoms with E-state index in [1.807, 2.05) is 0 Å². The minimum atomic E-state index is -3.60. The van der Waals surface area contributed by atoms with E-state index in [0.717, 1.165) is 3.79 Å². The van der Waals surface area contributed by atoms with Crippen LogP contribution in [-0.4, -0.2) is 38.8 Å². The number of thiophene rings is 1. The number of piperidine rings is 1. The second-order valence-electron chi connectivity index (χ2n) is 6.32. The normalized spacial score (nSPS) is 18.0. The Morgan fingerprint density at radius 1 is 1.37 bits per heavy atom.